The number of primary amides is 1. The van der Waals surface area contributed by atoms with E-state index in [1.807, 2.05) is 0 Å². The van der Waals surface area contributed by atoms with Crippen LogP contribution in [0.3, 0.4) is 0 Å². The highest BCUT2D eigenvalue weighted by molar-refractivity contribution is 6.01. The number of benzene rings is 2. The summed E-state index contributed by atoms with van der Waals surface area (Å²) in [5, 5.41) is 0. The van der Waals surface area contributed by atoms with Gasteiger partial charge in [-0.3, -0.25) is 9.59 Å². The van der Waals surface area contributed by atoms with Gasteiger partial charge in [0.15, 0.2) is 0 Å². The Hall–Kier alpha value is -4.01. The molecule has 1 aliphatic carbocycles. The van der Waals surface area contributed by atoms with E-state index in [4.69, 9.17) is 11.5 Å². The molecular weight excluding hydrogens is 430 g/mol. The number of hydrogen-bond acceptors (Lipinski definition) is 5. The molecule has 7 nitrogen and oxygen atoms in total. The van der Waals surface area contributed by atoms with Crippen LogP contribution in [0.2, 0.25) is 0 Å². The highest BCUT2D eigenvalue weighted by Crippen LogP contribution is 2.42. The molecule has 0 spiro atoms. The molecule has 0 saturated carbocycles. The van der Waals surface area contributed by atoms with Crippen LogP contribution in [-0.4, -0.2) is 28.3 Å². The Morgan fingerprint density at radius 1 is 1.09 bits per heavy atom. The number of carbonyl (C=O) groups excluding carboxylic acids is 2. The number of aryl methyl sites for hydroxylation is 1. The van der Waals surface area contributed by atoms with Gasteiger partial charge in [-0.25, -0.2) is 4.98 Å². The molecular formula is C24H22F2N4O3. The first-order valence-corrected chi connectivity index (χ1v) is 10.3. The fraction of sp³-hybridized carbons (Fsp3) is 0.208. The zero-order chi connectivity index (χ0) is 23.5. The molecule has 3 aromatic rings. The van der Waals surface area contributed by atoms with Crippen molar-refractivity contribution in [1.29, 1.82) is 0 Å². The minimum absolute atomic E-state index is 0.0109. The zero-order valence-corrected chi connectivity index (χ0v) is 17.5. The summed E-state index contributed by atoms with van der Waals surface area (Å²) in [5.74, 6) is -1.28. The van der Waals surface area contributed by atoms with E-state index in [2.05, 4.69) is 9.72 Å². The number of ether oxygens (including phenoxy) is 1. The number of rotatable bonds is 7. The number of aromatic nitrogens is 1. The van der Waals surface area contributed by atoms with Crippen LogP contribution in [0.5, 0.6) is 5.75 Å². The third-order valence-electron chi connectivity index (χ3n) is 5.69. The fourth-order valence-corrected chi connectivity index (χ4v) is 4.30. The Kier molecular flexibility index (Phi) is 6.21. The maximum Gasteiger partial charge on any atom is 0.387 e. The summed E-state index contributed by atoms with van der Waals surface area (Å²) < 4.78 is 30.2. The number of nitrogens with two attached hydrogens (primary N) is 2. The molecule has 1 aromatic heterocycles. The second-order valence-electron chi connectivity index (χ2n) is 7.66. The second kappa shape index (κ2) is 9.23. The van der Waals surface area contributed by atoms with Gasteiger partial charge in [-0.05, 0) is 53.8 Å². The summed E-state index contributed by atoms with van der Waals surface area (Å²) in [6.07, 6.45) is 2.51. The van der Waals surface area contributed by atoms with Crippen molar-refractivity contribution < 1.29 is 23.1 Å². The Morgan fingerprint density at radius 3 is 2.52 bits per heavy atom. The van der Waals surface area contributed by atoms with E-state index in [1.165, 1.54) is 29.3 Å². The average Bonchev–Trinajstić information content (AvgIpc) is 3.20. The maximum absolute atomic E-state index is 13.8. The molecule has 0 aliphatic heterocycles. The van der Waals surface area contributed by atoms with Crippen LogP contribution in [0.1, 0.15) is 45.6 Å². The topological polar surface area (TPSA) is 112 Å². The zero-order valence-electron chi connectivity index (χ0n) is 17.5. The smallest absolute Gasteiger partial charge is 0.387 e. The van der Waals surface area contributed by atoms with E-state index < -0.39 is 30.5 Å². The maximum atomic E-state index is 13.8. The molecule has 0 fully saturated rings. The largest absolute Gasteiger partial charge is 0.435 e. The summed E-state index contributed by atoms with van der Waals surface area (Å²) in [5.41, 5.74) is 13.9. The predicted molar refractivity (Wildman–Crippen MR) is 117 cm³/mol. The lowest BCUT2D eigenvalue weighted by Gasteiger charge is -2.36. The summed E-state index contributed by atoms with van der Waals surface area (Å²) >= 11 is 0. The van der Waals surface area contributed by atoms with Gasteiger partial charge >= 0.3 is 6.61 Å². The summed E-state index contributed by atoms with van der Waals surface area (Å²) in [7, 11) is 0. The van der Waals surface area contributed by atoms with E-state index in [0.29, 0.717) is 24.0 Å². The first-order chi connectivity index (χ1) is 15.9. The van der Waals surface area contributed by atoms with Crippen molar-refractivity contribution in [1.82, 2.24) is 9.88 Å². The molecule has 0 bridgehead atoms. The summed E-state index contributed by atoms with van der Waals surface area (Å²) in [4.78, 5) is 31.9. The minimum atomic E-state index is -2.99. The van der Waals surface area contributed by atoms with Gasteiger partial charge in [0, 0.05) is 6.20 Å². The van der Waals surface area contributed by atoms with Gasteiger partial charge in [-0.15, -0.1) is 0 Å². The molecule has 170 valence electrons. The molecule has 1 heterocycles. The number of fused-ring (bicyclic) bond motifs is 1. The van der Waals surface area contributed by atoms with Crippen LogP contribution in [0.15, 0.2) is 66.9 Å². The Balaban J connectivity index is 1.85. The average molecular weight is 452 g/mol. The number of carbonyl (C=O) groups is 2. The predicted octanol–water partition coefficient (Wildman–Crippen LogP) is 3.62. The summed E-state index contributed by atoms with van der Waals surface area (Å²) in [6, 6.07) is 14.7. The molecule has 0 unspecified atom stereocenters. The molecule has 0 radical (unpaired) electrons. The lowest BCUT2D eigenvalue weighted by Crippen LogP contribution is -2.43. The Labute approximate surface area is 189 Å². The van der Waals surface area contributed by atoms with Gasteiger partial charge in [0.05, 0.1) is 11.6 Å². The Bertz CT molecular complexity index is 1170. The van der Waals surface area contributed by atoms with Gasteiger partial charge in [-0.2, -0.15) is 8.78 Å². The minimum Gasteiger partial charge on any atom is -0.435 e. The van der Waals surface area contributed by atoms with E-state index in [0.717, 1.165) is 5.56 Å². The van der Waals surface area contributed by atoms with E-state index in [-0.39, 0.29) is 17.1 Å². The fourth-order valence-electron chi connectivity index (χ4n) is 4.30. The first kappa shape index (κ1) is 22.2. The first-order valence-electron chi connectivity index (χ1n) is 10.3. The monoisotopic (exact) mass is 452 g/mol. The number of halogens is 2. The highest BCUT2D eigenvalue weighted by Gasteiger charge is 2.40. The van der Waals surface area contributed by atoms with Crippen LogP contribution in [0.4, 0.5) is 14.6 Å². The van der Waals surface area contributed by atoms with Crippen LogP contribution in [0, 0.1) is 0 Å². The molecule has 4 rings (SSSR count). The van der Waals surface area contributed by atoms with Gasteiger partial charge < -0.3 is 21.1 Å². The van der Waals surface area contributed by atoms with E-state index in [9.17, 15) is 18.4 Å². The summed E-state index contributed by atoms with van der Waals surface area (Å²) in [6.45, 7) is -2.99. The van der Waals surface area contributed by atoms with Crippen molar-refractivity contribution in [3.8, 4) is 5.75 Å². The van der Waals surface area contributed by atoms with Gasteiger partial charge in [0.1, 0.15) is 17.6 Å². The number of pyridine rings is 1. The quantitative estimate of drug-likeness (QED) is 0.569. The third kappa shape index (κ3) is 4.48. The standard InChI is InChI=1S/C24H22F2N4O3/c25-24(26)33-16-10-8-14-9-11-19(18(14)13-16)30(23(32)17-7-4-12-29-21(17)27)20(22(28)31)15-5-2-1-3-6-15/h1-8,10,12-13,19-20,24H,9,11H2,(H2,27,29)(H2,28,31)/t19-,20-/m1/s1. The van der Waals surface area contributed by atoms with Crippen molar-refractivity contribution in [3.63, 3.8) is 0 Å². The molecule has 33 heavy (non-hydrogen) atoms. The molecule has 2 aromatic carbocycles. The number of nitrogens with zero attached hydrogens (tertiary/aromatic N) is 2. The highest BCUT2D eigenvalue weighted by atomic mass is 19.3. The van der Waals surface area contributed by atoms with Crippen LogP contribution in [0.25, 0.3) is 0 Å². The number of nitrogen functional groups attached to an aromatic ring is 1. The second-order valence-corrected chi connectivity index (χ2v) is 7.66. The van der Waals surface area contributed by atoms with Crippen molar-refractivity contribution in [2.24, 2.45) is 5.73 Å². The van der Waals surface area contributed by atoms with E-state index >= 15 is 0 Å². The normalized spacial score (nSPS) is 15.7. The van der Waals surface area contributed by atoms with Crippen LogP contribution >= 0.6 is 0 Å². The van der Waals surface area contributed by atoms with Gasteiger partial charge in [0.2, 0.25) is 5.91 Å². The SMILES string of the molecule is NC(=O)[C@@H](c1ccccc1)N(C(=O)c1cccnc1N)[C@@H]1CCc2ccc(OC(F)F)cc21. The molecule has 4 N–H and O–H groups in total. The number of anilines is 1. The van der Waals surface area contributed by atoms with Gasteiger partial charge in [0.25, 0.3) is 5.91 Å². The van der Waals surface area contributed by atoms with Crippen molar-refractivity contribution in [2.75, 3.05) is 5.73 Å². The van der Waals surface area contributed by atoms with E-state index in [1.54, 1.807) is 42.5 Å². The Morgan fingerprint density at radius 2 is 1.85 bits per heavy atom. The van der Waals surface area contributed by atoms with Crippen LogP contribution in [-0.2, 0) is 11.2 Å². The molecule has 2 amide bonds. The van der Waals surface area contributed by atoms with Crippen molar-refractivity contribution in [3.05, 3.63) is 89.1 Å². The van der Waals surface area contributed by atoms with Crippen LogP contribution < -0.4 is 16.2 Å². The molecule has 9 heteroatoms. The van der Waals surface area contributed by atoms with Crippen molar-refractivity contribution in [2.45, 2.75) is 31.5 Å². The lowest BCUT2D eigenvalue weighted by atomic mass is 9.98. The van der Waals surface area contributed by atoms with Gasteiger partial charge in [-0.1, -0.05) is 36.4 Å². The number of amides is 2. The third-order valence-corrected chi connectivity index (χ3v) is 5.69. The lowest BCUT2D eigenvalue weighted by molar-refractivity contribution is -0.123. The van der Waals surface area contributed by atoms with Crippen molar-refractivity contribution >= 4 is 17.6 Å². The molecule has 2 atom stereocenters. The number of hydrogen-bond donors (Lipinski definition) is 2. The molecule has 1 aliphatic rings. The molecule has 0 saturated heterocycles. The number of alkyl halides is 2.